The average Bonchev–Trinajstić information content (AvgIpc) is 2.56. The van der Waals surface area contributed by atoms with Gasteiger partial charge in [-0.15, -0.1) is 0 Å². The summed E-state index contributed by atoms with van der Waals surface area (Å²) in [6.45, 7) is 1.65. The second-order valence-electron chi connectivity index (χ2n) is 4.80. The number of thiocarbonyl (C=S) groups is 1. The van der Waals surface area contributed by atoms with Crippen LogP contribution in [0.1, 0.15) is 12.5 Å². The first-order valence-corrected chi connectivity index (χ1v) is 7.70. The van der Waals surface area contributed by atoms with Crippen molar-refractivity contribution in [2.45, 2.75) is 6.92 Å². The molecule has 1 aromatic carbocycles. The van der Waals surface area contributed by atoms with E-state index in [0.29, 0.717) is 11.3 Å². The molecule has 1 saturated heterocycles. The number of amides is 2. The lowest BCUT2D eigenvalue weighted by atomic mass is 10.1. The lowest BCUT2D eigenvalue weighted by Gasteiger charge is -2.16. The van der Waals surface area contributed by atoms with E-state index in [1.54, 1.807) is 25.1 Å². The highest BCUT2D eigenvalue weighted by atomic mass is 32.1. The molecule has 0 spiro atoms. The number of hydrogen-bond acceptors (Lipinski definition) is 7. The highest BCUT2D eigenvalue weighted by Gasteiger charge is 2.25. The molecule has 0 saturated carbocycles. The van der Waals surface area contributed by atoms with Gasteiger partial charge in [0.15, 0.2) is 23.2 Å². The zero-order valence-electron chi connectivity index (χ0n) is 13.6. The van der Waals surface area contributed by atoms with Crippen molar-refractivity contribution < 1.29 is 28.6 Å². The first-order chi connectivity index (χ1) is 11.9. The molecule has 0 bridgehead atoms. The van der Waals surface area contributed by atoms with E-state index in [1.807, 2.05) is 0 Å². The van der Waals surface area contributed by atoms with Gasteiger partial charge in [-0.05, 0) is 42.9 Å². The molecule has 0 aliphatic carbocycles. The van der Waals surface area contributed by atoms with Crippen LogP contribution in [0.2, 0.25) is 0 Å². The lowest BCUT2D eigenvalue weighted by Crippen LogP contribution is -2.51. The van der Waals surface area contributed by atoms with Crippen LogP contribution in [0.4, 0.5) is 0 Å². The summed E-state index contributed by atoms with van der Waals surface area (Å²) in [4.78, 5) is 35.2. The summed E-state index contributed by atoms with van der Waals surface area (Å²) < 4.78 is 15.3. The van der Waals surface area contributed by atoms with Crippen molar-refractivity contribution in [2.75, 3.05) is 20.3 Å². The Hall–Kier alpha value is -2.94. The normalized spacial score (nSPS) is 13.7. The van der Waals surface area contributed by atoms with Gasteiger partial charge in [0.2, 0.25) is 0 Å². The fourth-order valence-corrected chi connectivity index (χ4v) is 2.19. The molecule has 2 N–H and O–H groups in total. The predicted molar refractivity (Wildman–Crippen MR) is 92.0 cm³/mol. The van der Waals surface area contributed by atoms with Crippen molar-refractivity contribution in [1.29, 1.82) is 0 Å². The molecule has 0 atom stereocenters. The van der Waals surface area contributed by atoms with Gasteiger partial charge < -0.3 is 14.2 Å². The Morgan fingerprint density at radius 1 is 1.20 bits per heavy atom. The highest BCUT2D eigenvalue weighted by molar-refractivity contribution is 7.80. The molecule has 1 aromatic rings. The average molecular weight is 364 g/mol. The van der Waals surface area contributed by atoms with Crippen molar-refractivity contribution in [3.63, 3.8) is 0 Å². The van der Waals surface area contributed by atoms with Crippen molar-refractivity contribution in [2.24, 2.45) is 0 Å². The van der Waals surface area contributed by atoms with Crippen LogP contribution in [0.5, 0.6) is 11.5 Å². The molecule has 2 rings (SSSR count). The quantitative estimate of drug-likeness (QED) is 0.329. The standard InChI is InChI=1S/C16H16N2O6S/c1-3-23-13(19)8-24-12-7-9(4-5-11(12)22-2)6-10-14(20)17-16(25)18-15(10)21/h4-7H,3,8H2,1-2H3,(H2,17,18,20,21,25). The summed E-state index contributed by atoms with van der Waals surface area (Å²) in [6.07, 6.45) is 1.38. The van der Waals surface area contributed by atoms with Crippen molar-refractivity contribution >= 4 is 41.2 Å². The summed E-state index contributed by atoms with van der Waals surface area (Å²) >= 11 is 4.74. The molecule has 1 aliphatic rings. The van der Waals surface area contributed by atoms with E-state index >= 15 is 0 Å². The number of nitrogens with one attached hydrogen (secondary N) is 2. The summed E-state index contributed by atoms with van der Waals surface area (Å²) in [5.74, 6) is -1.05. The third-order valence-electron chi connectivity index (χ3n) is 3.09. The topological polar surface area (TPSA) is 103 Å². The maximum atomic E-state index is 11.9. The number of ether oxygens (including phenoxy) is 3. The van der Waals surface area contributed by atoms with Crippen LogP contribution in [0.15, 0.2) is 23.8 Å². The molecule has 9 heteroatoms. The second kappa shape index (κ2) is 8.25. The molecule has 1 fully saturated rings. The zero-order chi connectivity index (χ0) is 18.4. The van der Waals surface area contributed by atoms with Gasteiger partial charge in [-0.25, -0.2) is 4.79 Å². The van der Waals surface area contributed by atoms with Crippen molar-refractivity contribution in [3.8, 4) is 11.5 Å². The number of esters is 1. The Morgan fingerprint density at radius 3 is 2.48 bits per heavy atom. The minimum atomic E-state index is -0.599. The van der Waals surface area contributed by atoms with Gasteiger partial charge in [-0.1, -0.05) is 6.07 Å². The van der Waals surface area contributed by atoms with Gasteiger partial charge >= 0.3 is 5.97 Å². The number of methoxy groups -OCH3 is 1. The SMILES string of the molecule is CCOC(=O)COc1cc(C=C2C(=O)NC(=S)NC2=O)ccc1OC. The van der Waals surface area contributed by atoms with Crippen LogP contribution >= 0.6 is 12.2 Å². The molecule has 0 radical (unpaired) electrons. The fourth-order valence-electron chi connectivity index (χ4n) is 2.01. The van der Waals surface area contributed by atoms with E-state index in [9.17, 15) is 14.4 Å². The van der Waals surface area contributed by atoms with Crippen molar-refractivity contribution in [1.82, 2.24) is 10.6 Å². The number of carbonyl (C=O) groups is 3. The summed E-state index contributed by atoms with van der Waals surface area (Å²) in [7, 11) is 1.45. The molecular weight excluding hydrogens is 348 g/mol. The first-order valence-electron chi connectivity index (χ1n) is 7.29. The number of hydrogen-bond donors (Lipinski definition) is 2. The molecule has 132 valence electrons. The molecule has 0 unspecified atom stereocenters. The predicted octanol–water partition coefficient (Wildman–Crippen LogP) is 0.551. The van der Waals surface area contributed by atoms with E-state index in [4.69, 9.17) is 26.4 Å². The van der Waals surface area contributed by atoms with E-state index in [2.05, 4.69) is 10.6 Å². The lowest BCUT2D eigenvalue weighted by molar-refractivity contribution is -0.145. The smallest absolute Gasteiger partial charge is 0.344 e. The summed E-state index contributed by atoms with van der Waals surface area (Å²) in [6, 6.07) is 4.77. The highest BCUT2D eigenvalue weighted by Crippen LogP contribution is 2.29. The number of benzene rings is 1. The molecule has 1 aliphatic heterocycles. The monoisotopic (exact) mass is 364 g/mol. The maximum Gasteiger partial charge on any atom is 0.344 e. The molecular formula is C16H16N2O6S. The second-order valence-corrected chi connectivity index (χ2v) is 5.21. The third-order valence-corrected chi connectivity index (χ3v) is 3.30. The van der Waals surface area contributed by atoms with Crippen LogP contribution in [0, 0.1) is 0 Å². The van der Waals surface area contributed by atoms with Crippen LogP contribution in [0.25, 0.3) is 6.08 Å². The number of rotatable bonds is 6. The minimum absolute atomic E-state index is 0.0414. The van der Waals surface area contributed by atoms with Crippen LogP contribution in [0.3, 0.4) is 0 Å². The van der Waals surface area contributed by atoms with Gasteiger partial charge in [0, 0.05) is 0 Å². The van der Waals surface area contributed by atoms with Crippen LogP contribution in [-0.2, 0) is 19.1 Å². The first kappa shape index (κ1) is 18.4. The van der Waals surface area contributed by atoms with E-state index in [-0.39, 0.29) is 29.6 Å². The summed E-state index contributed by atoms with van der Waals surface area (Å²) in [5, 5.41) is 4.65. The molecule has 8 nitrogen and oxygen atoms in total. The van der Waals surface area contributed by atoms with Gasteiger partial charge in [0.25, 0.3) is 11.8 Å². The van der Waals surface area contributed by atoms with E-state index in [0.717, 1.165) is 0 Å². The summed E-state index contributed by atoms with van der Waals surface area (Å²) in [5.41, 5.74) is 0.405. The molecule has 1 heterocycles. The Morgan fingerprint density at radius 2 is 1.88 bits per heavy atom. The van der Waals surface area contributed by atoms with Gasteiger partial charge in [0.05, 0.1) is 13.7 Å². The van der Waals surface area contributed by atoms with Gasteiger partial charge in [0.1, 0.15) is 5.57 Å². The van der Waals surface area contributed by atoms with Crippen LogP contribution in [-0.4, -0.2) is 43.2 Å². The Kier molecular flexibility index (Phi) is 6.07. The van der Waals surface area contributed by atoms with Gasteiger partial charge in [-0.3, -0.25) is 20.2 Å². The van der Waals surface area contributed by atoms with E-state index in [1.165, 1.54) is 13.2 Å². The largest absolute Gasteiger partial charge is 0.493 e. The number of carbonyl (C=O) groups excluding carboxylic acids is 3. The van der Waals surface area contributed by atoms with Crippen molar-refractivity contribution in [3.05, 3.63) is 29.3 Å². The Labute approximate surface area is 149 Å². The maximum absolute atomic E-state index is 11.9. The third kappa shape index (κ3) is 4.77. The van der Waals surface area contributed by atoms with E-state index < -0.39 is 17.8 Å². The molecule has 25 heavy (non-hydrogen) atoms. The van der Waals surface area contributed by atoms with Crippen LogP contribution < -0.4 is 20.1 Å². The zero-order valence-corrected chi connectivity index (χ0v) is 14.4. The van der Waals surface area contributed by atoms with Gasteiger partial charge in [-0.2, -0.15) is 0 Å². The fraction of sp³-hybridized carbons (Fsp3) is 0.250. The Bertz CT molecular complexity index is 737. The molecule has 0 aromatic heterocycles. The minimum Gasteiger partial charge on any atom is -0.493 e. The Balaban J connectivity index is 2.24. The molecule has 2 amide bonds.